The smallest absolute Gasteiger partial charge is 0.350 e. The molecule has 8 nitrogen and oxygen atoms in total. The fraction of sp³-hybridized carbons (Fsp3) is 0.667. The van der Waals surface area contributed by atoms with Gasteiger partial charge in [0.05, 0.1) is 6.61 Å². The molecule has 0 aliphatic rings. The number of carboxylic acid groups (broad SMARTS) is 2. The van der Waals surface area contributed by atoms with E-state index in [-0.39, 0.29) is 0 Å². The van der Waals surface area contributed by atoms with Crippen LogP contribution in [0.2, 0.25) is 0 Å². The van der Waals surface area contributed by atoms with Gasteiger partial charge < -0.3 is 30.6 Å². The lowest BCUT2D eigenvalue weighted by molar-refractivity contribution is -0.198. The highest BCUT2D eigenvalue weighted by molar-refractivity contribution is 6.02. The van der Waals surface area contributed by atoms with Crippen molar-refractivity contribution in [1.82, 2.24) is 0 Å². The van der Waals surface area contributed by atoms with Gasteiger partial charge in [-0.25, -0.2) is 9.59 Å². The molecule has 0 aromatic heterocycles. The van der Waals surface area contributed by atoms with Crippen molar-refractivity contribution in [3.8, 4) is 0 Å². The normalized spacial score (nSPS) is 16.0. The Kier molecular flexibility index (Phi) is 3.95. The van der Waals surface area contributed by atoms with Crippen molar-refractivity contribution in [3.05, 3.63) is 0 Å². The Morgan fingerprint density at radius 3 is 1.71 bits per heavy atom. The Bertz CT molecular complexity index is 222. The van der Waals surface area contributed by atoms with Gasteiger partial charge in [-0.2, -0.15) is 0 Å². The topological polar surface area (TPSA) is 156 Å². The van der Waals surface area contributed by atoms with Crippen LogP contribution in [-0.4, -0.2) is 67.0 Å². The molecule has 6 N–H and O–H groups in total. The monoisotopic (exact) mass is 210 g/mol. The quantitative estimate of drug-likeness (QED) is 0.256. The van der Waals surface area contributed by atoms with Crippen LogP contribution < -0.4 is 0 Å². The Morgan fingerprint density at radius 1 is 1.14 bits per heavy atom. The van der Waals surface area contributed by atoms with Crippen LogP contribution in [0, 0.1) is 0 Å². The molecule has 0 aliphatic heterocycles. The minimum absolute atomic E-state index is 1.08. The van der Waals surface area contributed by atoms with Gasteiger partial charge >= 0.3 is 11.9 Å². The van der Waals surface area contributed by atoms with E-state index in [1.807, 2.05) is 0 Å². The highest BCUT2D eigenvalue weighted by Gasteiger charge is 2.54. The maximum atomic E-state index is 10.3. The lowest BCUT2D eigenvalue weighted by Gasteiger charge is -2.26. The van der Waals surface area contributed by atoms with Gasteiger partial charge in [-0.15, -0.1) is 0 Å². The first-order chi connectivity index (χ1) is 6.28. The molecule has 0 bridgehead atoms. The predicted molar refractivity (Wildman–Crippen MR) is 39.3 cm³/mol. The predicted octanol–water partition coefficient (Wildman–Crippen LogP) is -3.40. The van der Waals surface area contributed by atoms with Gasteiger partial charge in [-0.1, -0.05) is 0 Å². The van der Waals surface area contributed by atoms with Crippen LogP contribution in [0.25, 0.3) is 0 Å². The molecular formula is C6H10O8. The molecule has 0 radical (unpaired) electrons. The first kappa shape index (κ1) is 12.8. The van der Waals surface area contributed by atoms with Crippen molar-refractivity contribution in [2.45, 2.75) is 17.8 Å². The van der Waals surface area contributed by atoms with Gasteiger partial charge in [-0.05, 0) is 0 Å². The minimum Gasteiger partial charge on any atom is -0.479 e. The lowest BCUT2D eigenvalue weighted by atomic mass is 9.93. The summed E-state index contributed by atoms with van der Waals surface area (Å²) >= 11 is 0. The minimum atomic E-state index is -3.54. The average Bonchev–Trinajstić information content (AvgIpc) is 2.13. The SMILES string of the molecule is O=C(O)C(O)(C(=O)O)[C@H](O)[C@@H](O)CO. The second-order valence-electron chi connectivity index (χ2n) is 2.57. The zero-order valence-corrected chi connectivity index (χ0v) is 6.86. The van der Waals surface area contributed by atoms with Gasteiger partial charge in [0.25, 0.3) is 5.60 Å². The zero-order valence-electron chi connectivity index (χ0n) is 6.86. The third-order valence-electron chi connectivity index (χ3n) is 1.63. The number of carboxylic acids is 2. The van der Waals surface area contributed by atoms with Crippen molar-refractivity contribution in [2.24, 2.45) is 0 Å². The highest BCUT2D eigenvalue weighted by atomic mass is 16.5. The molecule has 0 saturated heterocycles. The fourth-order valence-electron chi connectivity index (χ4n) is 0.723. The number of aliphatic hydroxyl groups excluding tert-OH is 3. The van der Waals surface area contributed by atoms with Crippen molar-refractivity contribution in [1.29, 1.82) is 0 Å². The summed E-state index contributed by atoms with van der Waals surface area (Å²) in [6.45, 7) is -1.08. The Labute approximate surface area is 77.7 Å². The fourth-order valence-corrected chi connectivity index (χ4v) is 0.723. The number of rotatable bonds is 5. The molecule has 0 aliphatic carbocycles. The number of hydrogen-bond donors (Lipinski definition) is 6. The summed E-state index contributed by atoms with van der Waals surface area (Å²) in [4.78, 5) is 20.7. The summed E-state index contributed by atoms with van der Waals surface area (Å²) in [7, 11) is 0. The third kappa shape index (κ3) is 1.99. The van der Waals surface area contributed by atoms with E-state index in [0.29, 0.717) is 0 Å². The molecule has 0 unspecified atom stereocenters. The first-order valence-corrected chi connectivity index (χ1v) is 3.44. The Balaban J connectivity index is 5.02. The Hall–Kier alpha value is -1.22. The van der Waals surface area contributed by atoms with E-state index < -0.39 is 36.4 Å². The van der Waals surface area contributed by atoms with Crippen LogP contribution in [0.15, 0.2) is 0 Å². The molecular weight excluding hydrogens is 200 g/mol. The van der Waals surface area contributed by atoms with Crippen molar-refractivity contribution in [3.63, 3.8) is 0 Å². The van der Waals surface area contributed by atoms with Crippen LogP contribution in [0.4, 0.5) is 0 Å². The van der Waals surface area contributed by atoms with E-state index in [9.17, 15) is 9.59 Å². The highest BCUT2D eigenvalue weighted by Crippen LogP contribution is 2.15. The molecule has 0 spiro atoms. The molecule has 8 heteroatoms. The summed E-state index contributed by atoms with van der Waals surface area (Å²) in [6, 6.07) is 0. The average molecular weight is 210 g/mol. The maximum absolute atomic E-state index is 10.3. The zero-order chi connectivity index (χ0) is 11.5. The van der Waals surface area contributed by atoms with Gasteiger partial charge in [0, 0.05) is 0 Å². The Morgan fingerprint density at radius 2 is 1.50 bits per heavy atom. The number of carbonyl (C=O) groups is 2. The molecule has 14 heavy (non-hydrogen) atoms. The molecule has 0 aromatic carbocycles. The molecule has 2 atom stereocenters. The first-order valence-electron chi connectivity index (χ1n) is 3.44. The number of hydrogen-bond acceptors (Lipinski definition) is 6. The summed E-state index contributed by atoms with van der Waals surface area (Å²) < 4.78 is 0. The van der Waals surface area contributed by atoms with Crippen LogP contribution in [0.3, 0.4) is 0 Å². The third-order valence-corrected chi connectivity index (χ3v) is 1.63. The molecule has 0 rings (SSSR count). The van der Waals surface area contributed by atoms with E-state index in [2.05, 4.69) is 0 Å². The molecule has 0 aromatic rings. The van der Waals surface area contributed by atoms with Gasteiger partial charge in [0.2, 0.25) is 0 Å². The molecule has 0 heterocycles. The van der Waals surface area contributed by atoms with E-state index >= 15 is 0 Å². The van der Waals surface area contributed by atoms with Gasteiger partial charge in [0.15, 0.2) is 0 Å². The lowest BCUT2D eigenvalue weighted by Crippen LogP contribution is -2.60. The maximum Gasteiger partial charge on any atom is 0.350 e. The molecule has 0 fully saturated rings. The van der Waals surface area contributed by atoms with Crippen molar-refractivity contribution >= 4 is 11.9 Å². The second-order valence-corrected chi connectivity index (χ2v) is 2.57. The standard InChI is InChI=1S/C6H10O8/c7-1-2(8)3(9)6(14,4(10)11)5(12)13/h2-3,7-9,14H,1H2,(H,10,11)(H,12,13)/t2-,3+/m0/s1. The van der Waals surface area contributed by atoms with Gasteiger partial charge in [-0.3, -0.25) is 0 Å². The summed E-state index contributed by atoms with van der Waals surface area (Å²) in [5, 5.41) is 51.7. The van der Waals surface area contributed by atoms with E-state index in [0.717, 1.165) is 0 Å². The molecule has 0 amide bonds. The largest absolute Gasteiger partial charge is 0.479 e. The van der Waals surface area contributed by atoms with Crippen LogP contribution >= 0.6 is 0 Å². The number of aliphatic hydroxyl groups is 4. The summed E-state index contributed by atoms with van der Waals surface area (Å²) in [6.07, 6.45) is -4.59. The molecule has 0 saturated carbocycles. The van der Waals surface area contributed by atoms with Crippen molar-refractivity contribution in [2.75, 3.05) is 6.61 Å². The van der Waals surface area contributed by atoms with Crippen molar-refractivity contribution < 1.29 is 40.2 Å². The summed E-state index contributed by atoms with van der Waals surface area (Å²) in [5.74, 6) is -4.46. The second kappa shape index (κ2) is 4.33. The van der Waals surface area contributed by atoms with Gasteiger partial charge in [0.1, 0.15) is 12.2 Å². The number of aliphatic carboxylic acids is 2. The van der Waals surface area contributed by atoms with Crippen LogP contribution in [-0.2, 0) is 9.59 Å². The van der Waals surface area contributed by atoms with E-state index in [1.165, 1.54) is 0 Å². The summed E-state index contributed by atoms with van der Waals surface area (Å²) in [5.41, 5.74) is -3.54. The molecule has 82 valence electrons. The van der Waals surface area contributed by atoms with Crippen LogP contribution in [0.5, 0.6) is 0 Å². The van der Waals surface area contributed by atoms with E-state index in [1.54, 1.807) is 0 Å². The van der Waals surface area contributed by atoms with E-state index in [4.69, 9.17) is 30.6 Å². The van der Waals surface area contributed by atoms with Crippen LogP contribution in [0.1, 0.15) is 0 Å².